The van der Waals surface area contributed by atoms with Crippen molar-refractivity contribution in [1.29, 1.82) is 0 Å². The van der Waals surface area contributed by atoms with E-state index >= 15 is 0 Å². The van der Waals surface area contributed by atoms with Crippen molar-refractivity contribution in [3.05, 3.63) is 35.9 Å². The molecule has 2 heteroatoms. The minimum absolute atomic E-state index is 0.432. The smallest absolute Gasteiger partial charge is 0.0649 e. The lowest BCUT2D eigenvalue weighted by molar-refractivity contribution is -0.0412. The summed E-state index contributed by atoms with van der Waals surface area (Å²) in [6.45, 7) is 3.05. The third-order valence-corrected chi connectivity index (χ3v) is 4.33. The van der Waals surface area contributed by atoms with E-state index in [9.17, 15) is 5.11 Å². The Morgan fingerprint density at radius 3 is 2.35 bits per heavy atom. The minimum atomic E-state index is -0.432. The van der Waals surface area contributed by atoms with Gasteiger partial charge >= 0.3 is 0 Å². The molecule has 3 rings (SSSR count). The molecule has 0 amide bonds. The number of benzene rings is 1. The standard InChI is InChI=1S/C15H21NO/c1-15(17)9-13-7-8-14(10-15)16(13)11-12-5-3-2-4-6-12/h2-6,13-14,17H,7-11H2,1H3. The summed E-state index contributed by atoms with van der Waals surface area (Å²) in [4.78, 5) is 2.60. The van der Waals surface area contributed by atoms with E-state index in [0.29, 0.717) is 12.1 Å². The second-order valence-corrected chi connectivity index (χ2v) is 5.95. The van der Waals surface area contributed by atoms with E-state index in [1.165, 1.54) is 18.4 Å². The highest BCUT2D eigenvalue weighted by Crippen LogP contribution is 2.41. The molecule has 2 aliphatic rings. The molecule has 92 valence electrons. The summed E-state index contributed by atoms with van der Waals surface area (Å²) in [6.07, 6.45) is 4.40. The second-order valence-electron chi connectivity index (χ2n) is 5.95. The molecule has 2 atom stereocenters. The Morgan fingerprint density at radius 1 is 1.18 bits per heavy atom. The highest BCUT2D eigenvalue weighted by atomic mass is 16.3. The molecule has 2 bridgehead atoms. The summed E-state index contributed by atoms with van der Waals surface area (Å²) >= 11 is 0. The van der Waals surface area contributed by atoms with Crippen LogP contribution in [-0.2, 0) is 6.54 Å². The zero-order valence-corrected chi connectivity index (χ0v) is 10.5. The van der Waals surface area contributed by atoms with Gasteiger partial charge in [-0.2, -0.15) is 0 Å². The van der Waals surface area contributed by atoms with E-state index in [-0.39, 0.29) is 0 Å². The highest BCUT2D eigenvalue weighted by Gasteiger charge is 2.44. The van der Waals surface area contributed by atoms with Crippen LogP contribution in [-0.4, -0.2) is 27.7 Å². The Morgan fingerprint density at radius 2 is 1.76 bits per heavy atom. The van der Waals surface area contributed by atoms with Crippen LogP contribution < -0.4 is 0 Å². The van der Waals surface area contributed by atoms with E-state index in [1.54, 1.807) is 0 Å². The lowest BCUT2D eigenvalue weighted by Crippen LogP contribution is -2.49. The number of hydrogen-bond donors (Lipinski definition) is 1. The van der Waals surface area contributed by atoms with E-state index in [0.717, 1.165) is 19.4 Å². The number of piperidine rings is 1. The highest BCUT2D eigenvalue weighted by molar-refractivity contribution is 5.16. The first-order valence-electron chi connectivity index (χ1n) is 6.66. The number of rotatable bonds is 2. The monoisotopic (exact) mass is 231 g/mol. The SMILES string of the molecule is CC1(O)CC2CCC(C1)N2Cc1ccccc1. The lowest BCUT2D eigenvalue weighted by atomic mass is 9.87. The Balaban J connectivity index is 1.74. The molecule has 1 N–H and O–H groups in total. The zero-order chi connectivity index (χ0) is 11.9. The molecule has 0 aliphatic carbocycles. The van der Waals surface area contributed by atoms with E-state index < -0.39 is 5.60 Å². The Labute approximate surface area is 103 Å². The molecule has 0 aromatic heterocycles. The molecule has 0 saturated carbocycles. The molecule has 2 aliphatic heterocycles. The summed E-state index contributed by atoms with van der Waals surface area (Å²) in [7, 11) is 0. The van der Waals surface area contributed by atoms with Gasteiger partial charge < -0.3 is 5.11 Å². The van der Waals surface area contributed by atoms with E-state index in [2.05, 4.69) is 35.2 Å². The molecule has 1 aromatic rings. The van der Waals surface area contributed by atoms with E-state index in [1.807, 2.05) is 6.92 Å². The summed E-state index contributed by atoms with van der Waals surface area (Å²) in [6, 6.07) is 11.9. The van der Waals surface area contributed by atoms with Gasteiger partial charge in [-0.1, -0.05) is 30.3 Å². The largest absolute Gasteiger partial charge is 0.390 e. The fourth-order valence-electron chi connectivity index (χ4n) is 3.60. The molecule has 1 aromatic carbocycles. The van der Waals surface area contributed by atoms with Crippen molar-refractivity contribution in [2.24, 2.45) is 0 Å². The maximum Gasteiger partial charge on any atom is 0.0649 e. The third kappa shape index (κ3) is 2.24. The topological polar surface area (TPSA) is 23.5 Å². The van der Waals surface area contributed by atoms with Crippen LogP contribution in [0.25, 0.3) is 0 Å². The van der Waals surface area contributed by atoms with Crippen LogP contribution >= 0.6 is 0 Å². The molecule has 2 heterocycles. The zero-order valence-electron chi connectivity index (χ0n) is 10.5. The van der Waals surface area contributed by atoms with Crippen LogP contribution in [0, 0.1) is 0 Å². The molecule has 2 saturated heterocycles. The molecule has 2 nitrogen and oxygen atoms in total. The van der Waals surface area contributed by atoms with Crippen molar-refractivity contribution >= 4 is 0 Å². The van der Waals surface area contributed by atoms with Gasteiger partial charge in [-0.15, -0.1) is 0 Å². The van der Waals surface area contributed by atoms with Gasteiger partial charge in [0.1, 0.15) is 0 Å². The first kappa shape index (κ1) is 11.2. The van der Waals surface area contributed by atoms with E-state index in [4.69, 9.17) is 0 Å². The first-order valence-corrected chi connectivity index (χ1v) is 6.66. The predicted molar refractivity (Wildman–Crippen MR) is 68.7 cm³/mol. The number of hydrogen-bond acceptors (Lipinski definition) is 2. The third-order valence-electron chi connectivity index (χ3n) is 4.33. The number of nitrogens with zero attached hydrogens (tertiary/aromatic N) is 1. The molecule has 0 spiro atoms. The maximum atomic E-state index is 10.2. The van der Waals surface area contributed by atoms with Gasteiger partial charge in [-0.3, -0.25) is 4.90 Å². The number of fused-ring (bicyclic) bond motifs is 2. The average molecular weight is 231 g/mol. The van der Waals surface area contributed by atoms with Crippen molar-refractivity contribution in [2.75, 3.05) is 0 Å². The van der Waals surface area contributed by atoms with Crippen molar-refractivity contribution in [3.8, 4) is 0 Å². The summed E-state index contributed by atoms with van der Waals surface area (Å²) < 4.78 is 0. The lowest BCUT2D eigenvalue weighted by Gasteiger charge is -2.42. The van der Waals surface area contributed by atoms with Crippen LogP contribution in [0.3, 0.4) is 0 Å². The van der Waals surface area contributed by atoms with Crippen LogP contribution in [0.15, 0.2) is 30.3 Å². The van der Waals surface area contributed by atoms with Crippen LogP contribution in [0.1, 0.15) is 38.2 Å². The molecule has 0 radical (unpaired) electrons. The van der Waals surface area contributed by atoms with Crippen molar-refractivity contribution in [2.45, 2.75) is 56.8 Å². The summed E-state index contributed by atoms with van der Waals surface area (Å²) in [5, 5.41) is 10.2. The summed E-state index contributed by atoms with van der Waals surface area (Å²) in [5.41, 5.74) is 0.963. The van der Waals surface area contributed by atoms with Crippen LogP contribution in [0.4, 0.5) is 0 Å². The Kier molecular flexibility index (Phi) is 2.72. The van der Waals surface area contributed by atoms with Gasteiger partial charge in [0, 0.05) is 18.6 Å². The van der Waals surface area contributed by atoms with Gasteiger partial charge in [-0.05, 0) is 38.2 Å². The number of aliphatic hydroxyl groups is 1. The quantitative estimate of drug-likeness (QED) is 0.845. The van der Waals surface area contributed by atoms with Crippen molar-refractivity contribution in [1.82, 2.24) is 4.90 Å². The Hall–Kier alpha value is -0.860. The fourth-order valence-corrected chi connectivity index (χ4v) is 3.60. The molecule has 17 heavy (non-hydrogen) atoms. The molecular formula is C15H21NO. The van der Waals surface area contributed by atoms with Gasteiger partial charge in [0.05, 0.1) is 5.60 Å². The van der Waals surface area contributed by atoms with Crippen molar-refractivity contribution < 1.29 is 5.11 Å². The fraction of sp³-hybridized carbons (Fsp3) is 0.600. The molecular weight excluding hydrogens is 210 g/mol. The molecule has 2 unspecified atom stereocenters. The van der Waals surface area contributed by atoms with Crippen LogP contribution in [0.2, 0.25) is 0 Å². The van der Waals surface area contributed by atoms with Gasteiger partial charge in [0.15, 0.2) is 0 Å². The van der Waals surface area contributed by atoms with Gasteiger partial charge in [-0.25, -0.2) is 0 Å². The predicted octanol–water partition coefficient (Wildman–Crippen LogP) is 2.56. The average Bonchev–Trinajstić information content (AvgIpc) is 2.55. The summed E-state index contributed by atoms with van der Waals surface area (Å²) in [5.74, 6) is 0. The van der Waals surface area contributed by atoms with Crippen LogP contribution in [0.5, 0.6) is 0 Å². The molecule has 2 fully saturated rings. The second kappa shape index (κ2) is 4.11. The first-order chi connectivity index (χ1) is 8.14. The van der Waals surface area contributed by atoms with Gasteiger partial charge in [0.25, 0.3) is 0 Å². The van der Waals surface area contributed by atoms with Crippen molar-refractivity contribution in [3.63, 3.8) is 0 Å². The normalized spacial score (nSPS) is 37.3. The van der Waals surface area contributed by atoms with Gasteiger partial charge in [0.2, 0.25) is 0 Å². The Bertz CT molecular complexity index is 371. The minimum Gasteiger partial charge on any atom is -0.390 e. The maximum absolute atomic E-state index is 10.2.